The second-order valence-electron chi connectivity index (χ2n) is 5.32. The Morgan fingerprint density at radius 3 is 2.41 bits per heavy atom. The molecular weight excluding hydrogens is 296 g/mol. The van der Waals surface area contributed by atoms with Crippen LogP contribution in [0.3, 0.4) is 0 Å². The Balaban J connectivity index is 2.06. The monoisotopic (exact) mass is 312 g/mol. The summed E-state index contributed by atoms with van der Waals surface area (Å²) in [4.78, 5) is 15.6. The third-order valence-electron chi connectivity index (χ3n) is 3.75. The lowest BCUT2D eigenvalue weighted by Gasteiger charge is -2.15. The van der Waals surface area contributed by atoms with Crippen LogP contribution in [-0.2, 0) is 0 Å². The molecule has 3 rings (SSSR count). The van der Waals surface area contributed by atoms with Gasteiger partial charge in [0.05, 0.1) is 0 Å². The fraction of sp³-hybridized carbons (Fsp3) is 0.167. The minimum Gasteiger partial charge on any atom is -0.326 e. The molecule has 0 aromatic heterocycles. The predicted octanol–water partition coefficient (Wildman–Crippen LogP) is 4.10. The number of benzene rings is 2. The average Bonchev–Trinajstić information content (AvgIpc) is 2.85. The lowest BCUT2D eigenvalue weighted by atomic mass is 9.99. The van der Waals surface area contributed by atoms with Crippen molar-refractivity contribution in [1.29, 1.82) is 0 Å². The first-order valence-corrected chi connectivity index (χ1v) is 7.58. The maximum atomic E-state index is 12.2. The van der Waals surface area contributed by atoms with Crippen molar-refractivity contribution in [2.24, 2.45) is 0 Å². The van der Waals surface area contributed by atoms with Gasteiger partial charge in [0.2, 0.25) is 0 Å². The van der Waals surface area contributed by atoms with E-state index in [4.69, 9.17) is 11.6 Å². The fourth-order valence-electron chi connectivity index (χ4n) is 2.53. The van der Waals surface area contributed by atoms with Crippen molar-refractivity contribution >= 4 is 23.2 Å². The second-order valence-corrected chi connectivity index (χ2v) is 5.75. The quantitative estimate of drug-likeness (QED) is 0.837. The molecule has 0 spiro atoms. The van der Waals surface area contributed by atoms with Gasteiger partial charge in [0.15, 0.2) is 0 Å². The highest BCUT2D eigenvalue weighted by atomic mass is 35.5. The molecule has 1 heterocycles. The first kappa shape index (κ1) is 14.7. The SMILES string of the molecule is CN1CCN(/C=C(\c2ccccc2)c2cccc(Cl)c2)C1=O. The van der Waals surface area contributed by atoms with Crippen LogP contribution in [0.2, 0.25) is 5.02 Å². The van der Waals surface area contributed by atoms with Gasteiger partial charge >= 0.3 is 6.03 Å². The zero-order valence-electron chi connectivity index (χ0n) is 12.4. The van der Waals surface area contributed by atoms with Gasteiger partial charge in [0.1, 0.15) is 0 Å². The van der Waals surface area contributed by atoms with E-state index in [0.29, 0.717) is 11.6 Å². The van der Waals surface area contributed by atoms with E-state index in [-0.39, 0.29) is 6.03 Å². The standard InChI is InChI=1S/C18H17ClN2O/c1-20-10-11-21(18(20)22)13-17(14-6-3-2-4-7-14)15-8-5-9-16(19)12-15/h2-9,12-13H,10-11H2,1H3/b17-13+. The van der Waals surface area contributed by atoms with Crippen LogP contribution in [0.5, 0.6) is 0 Å². The van der Waals surface area contributed by atoms with Crippen molar-refractivity contribution in [2.75, 3.05) is 20.1 Å². The molecule has 0 N–H and O–H groups in total. The number of halogens is 1. The van der Waals surface area contributed by atoms with Crippen LogP contribution in [0.25, 0.3) is 5.57 Å². The number of nitrogens with zero attached hydrogens (tertiary/aromatic N) is 2. The maximum Gasteiger partial charge on any atom is 0.323 e. The molecule has 4 heteroatoms. The number of likely N-dealkylation sites (N-methyl/N-ethyl adjacent to an activating group) is 1. The Morgan fingerprint density at radius 2 is 1.77 bits per heavy atom. The summed E-state index contributed by atoms with van der Waals surface area (Å²) in [6.07, 6.45) is 1.92. The largest absolute Gasteiger partial charge is 0.326 e. The van der Waals surface area contributed by atoms with Crippen molar-refractivity contribution in [1.82, 2.24) is 9.80 Å². The summed E-state index contributed by atoms with van der Waals surface area (Å²) in [5, 5.41) is 0.684. The van der Waals surface area contributed by atoms with E-state index in [9.17, 15) is 4.79 Å². The summed E-state index contributed by atoms with van der Waals surface area (Å²) in [5.74, 6) is 0. The average molecular weight is 313 g/mol. The number of hydrogen-bond acceptors (Lipinski definition) is 1. The van der Waals surface area contributed by atoms with Crippen LogP contribution in [0, 0.1) is 0 Å². The van der Waals surface area contributed by atoms with E-state index in [1.54, 1.807) is 9.80 Å². The summed E-state index contributed by atoms with van der Waals surface area (Å²) in [6, 6.07) is 17.8. The van der Waals surface area contributed by atoms with Gasteiger partial charge in [-0.3, -0.25) is 4.90 Å². The zero-order chi connectivity index (χ0) is 15.5. The molecule has 0 unspecified atom stereocenters. The highest BCUT2D eigenvalue weighted by Gasteiger charge is 2.24. The molecule has 22 heavy (non-hydrogen) atoms. The lowest BCUT2D eigenvalue weighted by molar-refractivity contribution is 0.210. The molecule has 0 atom stereocenters. The molecule has 1 aliphatic rings. The lowest BCUT2D eigenvalue weighted by Crippen LogP contribution is -2.25. The molecule has 0 aliphatic carbocycles. The van der Waals surface area contributed by atoms with Crippen LogP contribution < -0.4 is 0 Å². The summed E-state index contributed by atoms with van der Waals surface area (Å²) in [5.41, 5.74) is 3.06. The minimum absolute atomic E-state index is 0.0236. The normalized spacial score (nSPS) is 15.5. The maximum absolute atomic E-state index is 12.2. The number of amides is 2. The number of hydrogen-bond donors (Lipinski definition) is 0. The number of carbonyl (C=O) groups is 1. The van der Waals surface area contributed by atoms with Gasteiger partial charge in [0, 0.05) is 36.9 Å². The fourth-order valence-corrected chi connectivity index (χ4v) is 2.72. The molecule has 2 aromatic carbocycles. The number of urea groups is 1. The molecule has 2 aromatic rings. The van der Waals surface area contributed by atoms with Crippen molar-refractivity contribution in [3.8, 4) is 0 Å². The molecule has 1 aliphatic heterocycles. The zero-order valence-corrected chi connectivity index (χ0v) is 13.1. The molecule has 0 saturated carbocycles. The van der Waals surface area contributed by atoms with Gasteiger partial charge in [0.25, 0.3) is 0 Å². The van der Waals surface area contributed by atoms with Crippen LogP contribution in [-0.4, -0.2) is 36.0 Å². The first-order chi connectivity index (χ1) is 10.6. The second kappa shape index (κ2) is 6.24. The Labute approximate surface area is 135 Å². The van der Waals surface area contributed by atoms with Gasteiger partial charge < -0.3 is 4.90 Å². The van der Waals surface area contributed by atoms with Crippen molar-refractivity contribution < 1.29 is 4.79 Å². The van der Waals surface area contributed by atoms with Crippen molar-refractivity contribution in [3.63, 3.8) is 0 Å². The smallest absolute Gasteiger partial charge is 0.323 e. The molecule has 0 bridgehead atoms. The summed E-state index contributed by atoms with van der Waals surface area (Å²) >= 11 is 6.13. The van der Waals surface area contributed by atoms with E-state index in [0.717, 1.165) is 23.2 Å². The number of rotatable bonds is 3. The van der Waals surface area contributed by atoms with Crippen LogP contribution in [0.4, 0.5) is 4.79 Å². The van der Waals surface area contributed by atoms with E-state index in [1.807, 2.05) is 67.8 Å². The third kappa shape index (κ3) is 3.00. The molecule has 2 amide bonds. The molecule has 1 saturated heterocycles. The predicted molar refractivity (Wildman–Crippen MR) is 89.7 cm³/mol. The molecule has 3 nitrogen and oxygen atoms in total. The van der Waals surface area contributed by atoms with E-state index in [2.05, 4.69) is 0 Å². The first-order valence-electron chi connectivity index (χ1n) is 7.20. The topological polar surface area (TPSA) is 23.6 Å². The summed E-state index contributed by atoms with van der Waals surface area (Å²) < 4.78 is 0. The molecule has 1 fully saturated rings. The molecule has 0 radical (unpaired) electrons. The van der Waals surface area contributed by atoms with E-state index >= 15 is 0 Å². The Morgan fingerprint density at radius 1 is 1.05 bits per heavy atom. The van der Waals surface area contributed by atoms with Gasteiger partial charge in [-0.25, -0.2) is 4.79 Å². The molecule has 112 valence electrons. The van der Waals surface area contributed by atoms with E-state index < -0.39 is 0 Å². The summed E-state index contributed by atoms with van der Waals surface area (Å²) in [6.45, 7) is 1.44. The van der Waals surface area contributed by atoms with Gasteiger partial charge in [-0.1, -0.05) is 54.1 Å². The number of carbonyl (C=O) groups excluding carboxylic acids is 1. The van der Waals surface area contributed by atoms with Gasteiger partial charge in [-0.05, 0) is 23.3 Å². The van der Waals surface area contributed by atoms with Crippen LogP contribution >= 0.6 is 11.6 Å². The van der Waals surface area contributed by atoms with Crippen LogP contribution in [0.1, 0.15) is 11.1 Å². The minimum atomic E-state index is 0.0236. The summed E-state index contributed by atoms with van der Waals surface area (Å²) in [7, 11) is 1.82. The van der Waals surface area contributed by atoms with E-state index in [1.165, 1.54) is 0 Å². The highest BCUT2D eigenvalue weighted by molar-refractivity contribution is 6.30. The van der Waals surface area contributed by atoms with Gasteiger partial charge in [-0.15, -0.1) is 0 Å². The molecular formula is C18H17ClN2O. The highest BCUT2D eigenvalue weighted by Crippen LogP contribution is 2.27. The Kier molecular flexibility index (Phi) is 4.16. The van der Waals surface area contributed by atoms with Crippen molar-refractivity contribution in [2.45, 2.75) is 0 Å². The Hall–Kier alpha value is -2.26. The van der Waals surface area contributed by atoms with Crippen LogP contribution in [0.15, 0.2) is 60.8 Å². The van der Waals surface area contributed by atoms with Gasteiger partial charge in [-0.2, -0.15) is 0 Å². The van der Waals surface area contributed by atoms with Crippen molar-refractivity contribution in [3.05, 3.63) is 76.9 Å². The Bertz CT molecular complexity index is 712. The third-order valence-corrected chi connectivity index (χ3v) is 3.99.